The van der Waals surface area contributed by atoms with Gasteiger partial charge in [0.2, 0.25) is 0 Å². The van der Waals surface area contributed by atoms with Gasteiger partial charge in [0, 0.05) is 17.5 Å². The lowest BCUT2D eigenvalue weighted by molar-refractivity contribution is 0.0927. The highest BCUT2D eigenvalue weighted by Crippen LogP contribution is 2.29. The maximum atomic E-state index is 14.5. The Balaban J connectivity index is 1.49. The first kappa shape index (κ1) is 20.7. The molecule has 0 fully saturated rings. The van der Waals surface area contributed by atoms with Gasteiger partial charge in [-0.15, -0.1) is 10.2 Å². The van der Waals surface area contributed by atoms with Crippen molar-refractivity contribution < 1.29 is 9.18 Å². The summed E-state index contributed by atoms with van der Waals surface area (Å²) < 4.78 is 17.9. The number of fused-ring (bicyclic) bond motifs is 2. The molecule has 1 aromatic carbocycles. The van der Waals surface area contributed by atoms with E-state index >= 15 is 0 Å². The Hall–Kier alpha value is -3.20. The summed E-state index contributed by atoms with van der Waals surface area (Å²) in [4.78, 5) is 13.4. The molecule has 4 aromatic rings. The number of carbonyl (C=O) groups excluding carboxylic acids is 1. The predicted octanol–water partition coefficient (Wildman–Crippen LogP) is 3.77. The molecule has 7 nitrogen and oxygen atoms in total. The third kappa shape index (κ3) is 3.66. The average molecular weight is 451 g/mol. The minimum atomic E-state index is -0.357. The minimum Gasteiger partial charge on any atom is -0.341 e. The fourth-order valence-corrected chi connectivity index (χ4v) is 4.74. The van der Waals surface area contributed by atoms with Gasteiger partial charge in [0.05, 0.1) is 6.04 Å². The van der Waals surface area contributed by atoms with E-state index in [-0.39, 0.29) is 17.8 Å². The number of halogens is 1. The number of thioether (sulfide) groups is 1. The molecule has 0 bridgehead atoms. The molecular formula is C23H23FN6OS. The van der Waals surface area contributed by atoms with E-state index in [1.165, 1.54) is 6.07 Å². The van der Waals surface area contributed by atoms with Crippen molar-refractivity contribution in [2.45, 2.75) is 31.7 Å². The van der Waals surface area contributed by atoms with Gasteiger partial charge in [0.15, 0.2) is 17.2 Å². The van der Waals surface area contributed by atoms with E-state index < -0.39 is 0 Å². The van der Waals surface area contributed by atoms with Crippen molar-refractivity contribution in [3.63, 3.8) is 0 Å². The summed E-state index contributed by atoms with van der Waals surface area (Å²) in [6.45, 7) is 0. The molecule has 1 atom stereocenters. The van der Waals surface area contributed by atoms with E-state index in [0.717, 1.165) is 41.9 Å². The molecule has 1 amide bonds. The number of nitrogens with one attached hydrogen (secondary N) is 1. The topological polar surface area (TPSA) is 77.1 Å². The number of pyridine rings is 1. The van der Waals surface area contributed by atoms with Crippen LogP contribution in [0.5, 0.6) is 0 Å². The average Bonchev–Trinajstić information content (AvgIpc) is 3.52. The standard InChI is InChI=1S/C23H23FN6OS/c1-32-14-12-17(22-27-26-20-11-4-5-13-29(20)22)25-23(31)21-15-7-6-10-18(15)30(28-21)19-9-3-2-8-16(19)24/h2-5,8-9,11,13,17H,6-7,10,12,14H2,1H3,(H,25,31). The summed E-state index contributed by atoms with van der Waals surface area (Å²) in [5, 5.41) is 16.3. The number of rotatable bonds is 7. The Morgan fingerprint density at radius 3 is 2.88 bits per heavy atom. The number of para-hydroxylation sites is 1. The van der Waals surface area contributed by atoms with E-state index in [0.29, 0.717) is 23.6 Å². The lowest BCUT2D eigenvalue weighted by atomic mass is 10.1. The lowest BCUT2D eigenvalue weighted by Crippen LogP contribution is -2.31. The van der Waals surface area contributed by atoms with Gasteiger partial charge in [-0.1, -0.05) is 18.2 Å². The molecule has 0 spiro atoms. The molecule has 9 heteroatoms. The Morgan fingerprint density at radius 1 is 1.19 bits per heavy atom. The molecule has 0 aliphatic heterocycles. The van der Waals surface area contributed by atoms with Crippen molar-refractivity contribution in [1.29, 1.82) is 0 Å². The third-order valence-electron chi connectivity index (χ3n) is 5.79. The highest BCUT2D eigenvalue weighted by Gasteiger charge is 2.30. The van der Waals surface area contributed by atoms with E-state index in [9.17, 15) is 9.18 Å². The number of hydrogen-bond donors (Lipinski definition) is 1. The number of nitrogens with zero attached hydrogens (tertiary/aromatic N) is 5. The fraction of sp³-hybridized carbons (Fsp3) is 0.304. The van der Waals surface area contributed by atoms with E-state index in [2.05, 4.69) is 20.6 Å². The van der Waals surface area contributed by atoms with Gasteiger partial charge in [0.1, 0.15) is 11.5 Å². The molecule has 32 heavy (non-hydrogen) atoms. The molecule has 164 valence electrons. The van der Waals surface area contributed by atoms with Crippen molar-refractivity contribution >= 4 is 23.3 Å². The number of hydrogen-bond acceptors (Lipinski definition) is 5. The van der Waals surface area contributed by atoms with Crippen LogP contribution in [0.1, 0.15) is 46.5 Å². The Bertz CT molecular complexity index is 1280. The van der Waals surface area contributed by atoms with Crippen molar-refractivity contribution in [3.8, 4) is 5.69 Å². The highest BCUT2D eigenvalue weighted by atomic mass is 32.2. The maximum Gasteiger partial charge on any atom is 0.272 e. The summed E-state index contributed by atoms with van der Waals surface area (Å²) in [6.07, 6.45) is 7.09. The summed E-state index contributed by atoms with van der Waals surface area (Å²) in [6, 6.07) is 11.9. The van der Waals surface area contributed by atoms with Gasteiger partial charge in [-0.25, -0.2) is 9.07 Å². The Labute approximate surface area is 189 Å². The van der Waals surface area contributed by atoms with Crippen LogP contribution < -0.4 is 5.32 Å². The SMILES string of the molecule is CSCCC(NC(=O)c1nn(-c2ccccc2F)c2c1CCC2)c1nnc2ccccn12. The lowest BCUT2D eigenvalue weighted by Gasteiger charge is -2.16. The monoisotopic (exact) mass is 450 g/mol. The number of carbonyl (C=O) groups is 1. The largest absolute Gasteiger partial charge is 0.341 e. The molecule has 1 unspecified atom stereocenters. The molecule has 1 aliphatic carbocycles. The molecule has 1 aliphatic rings. The first-order chi connectivity index (χ1) is 15.7. The Morgan fingerprint density at radius 2 is 2.03 bits per heavy atom. The van der Waals surface area contributed by atoms with Crippen LogP contribution in [0.4, 0.5) is 4.39 Å². The van der Waals surface area contributed by atoms with Gasteiger partial charge in [-0.2, -0.15) is 16.9 Å². The van der Waals surface area contributed by atoms with E-state index in [1.54, 1.807) is 34.6 Å². The minimum absolute atomic E-state index is 0.267. The third-order valence-corrected chi connectivity index (χ3v) is 6.44. The maximum absolute atomic E-state index is 14.5. The zero-order valence-electron chi connectivity index (χ0n) is 17.7. The number of amides is 1. The van der Waals surface area contributed by atoms with Crippen LogP contribution in [0, 0.1) is 5.82 Å². The highest BCUT2D eigenvalue weighted by molar-refractivity contribution is 7.98. The van der Waals surface area contributed by atoms with Crippen molar-refractivity contribution in [2.75, 3.05) is 12.0 Å². The zero-order chi connectivity index (χ0) is 22.1. The molecule has 3 aromatic heterocycles. The van der Waals surface area contributed by atoms with Crippen molar-refractivity contribution in [3.05, 3.63) is 77.3 Å². The predicted molar refractivity (Wildman–Crippen MR) is 122 cm³/mol. The fourth-order valence-electron chi connectivity index (χ4n) is 4.27. The van der Waals surface area contributed by atoms with Gasteiger partial charge >= 0.3 is 0 Å². The van der Waals surface area contributed by atoms with Crippen LogP contribution in [0.2, 0.25) is 0 Å². The van der Waals surface area contributed by atoms with Crippen LogP contribution >= 0.6 is 11.8 Å². The van der Waals surface area contributed by atoms with Gasteiger partial charge in [0.25, 0.3) is 5.91 Å². The van der Waals surface area contributed by atoms with Crippen LogP contribution in [0.15, 0.2) is 48.7 Å². The first-order valence-corrected chi connectivity index (χ1v) is 12.0. The normalized spacial score (nSPS) is 13.9. The van der Waals surface area contributed by atoms with Crippen LogP contribution in [0.3, 0.4) is 0 Å². The summed E-state index contributed by atoms with van der Waals surface area (Å²) in [7, 11) is 0. The van der Waals surface area contributed by atoms with Crippen molar-refractivity contribution in [1.82, 2.24) is 29.7 Å². The van der Waals surface area contributed by atoms with Gasteiger partial charge < -0.3 is 5.32 Å². The van der Waals surface area contributed by atoms with Crippen molar-refractivity contribution in [2.24, 2.45) is 0 Å². The molecular weight excluding hydrogens is 427 g/mol. The molecule has 3 heterocycles. The quantitative estimate of drug-likeness (QED) is 0.464. The first-order valence-electron chi connectivity index (χ1n) is 10.6. The second-order valence-electron chi connectivity index (χ2n) is 7.79. The van der Waals surface area contributed by atoms with Crippen LogP contribution in [-0.2, 0) is 12.8 Å². The summed E-state index contributed by atoms with van der Waals surface area (Å²) >= 11 is 1.71. The molecule has 0 radical (unpaired) electrons. The number of aromatic nitrogens is 5. The number of benzene rings is 1. The molecule has 5 rings (SSSR count). The smallest absolute Gasteiger partial charge is 0.272 e. The second-order valence-corrected chi connectivity index (χ2v) is 8.77. The van der Waals surface area contributed by atoms with E-state index in [4.69, 9.17) is 0 Å². The second kappa shape index (κ2) is 8.74. The molecule has 1 N–H and O–H groups in total. The van der Waals surface area contributed by atoms with Gasteiger partial charge in [-0.05, 0) is 62.0 Å². The molecule has 0 saturated carbocycles. The summed E-state index contributed by atoms with van der Waals surface area (Å²) in [5.74, 6) is 0.920. The van der Waals surface area contributed by atoms with Gasteiger partial charge in [-0.3, -0.25) is 9.20 Å². The van der Waals surface area contributed by atoms with Crippen LogP contribution in [0.25, 0.3) is 11.3 Å². The van der Waals surface area contributed by atoms with E-state index in [1.807, 2.05) is 35.1 Å². The Kier molecular flexibility index (Phi) is 5.65. The summed E-state index contributed by atoms with van der Waals surface area (Å²) in [5.41, 5.74) is 3.28. The zero-order valence-corrected chi connectivity index (χ0v) is 18.5. The van der Waals surface area contributed by atoms with Crippen LogP contribution in [-0.4, -0.2) is 42.3 Å². The molecule has 0 saturated heterocycles.